The maximum atomic E-state index is 9.21. The van der Waals surface area contributed by atoms with Gasteiger partial charge in [-0.1, -0.05) is 34.1 Å². The molecule has 0 aliphatic rings. The zero-order valence-electron chi connectivity index (χ0n) is 17.3. The summed E-state index contributed by atoms with van der Waals surface area (Å²) in [4.78, 5) is 0. The zero-order chi connectivity index (χ0) is 19.1. The highest BCUT2D eigenvalue weighted by atomic mass is 16.3. The summed E-state index contributed by atoms with van der Waals surface area (Å²) in [5, 5.41) is 21.7. The minimum Gasteiger partial charge on any atom is -0.392 e. The molecule has 0 fully saturated rings. The smallest absolute Gasteiger partial charge is 0.0662 e. The van der Waals surface area contributed by atoms with Crippen LogP contribution in [-0.2, 0) is 0 Å². The topological polar surface area (TPSA) is 94.4 Å². The zero-order valence-corrected chi connectivity index (χ0v) is 17.3. The van der Waals surface area contributed by atoms with Gasteiger partial charge in [-0.2, -0.15) is 0 Å². The molecule has 0 saturated heterocycles. The number of aliphatic hydroxyl groups is 1. The Morgan fingerprint density at radius 2 is 1.38 bits per heavy atom. The van der Waals surface area contributed by atoms with Gasteiger partial charge in [-0.05, 0) is 45.9 Å². The first-order valence-corrected chi connectivity index (χ1v) is 9.62. The van der Waals surface area contributed by atoms with Crippen LogP contribution in [0.25, 0.3) is 0 Å². The summed E-state index contributed by atoms with van der Waals surface area (Å²) >= 11 is 0. The summed E-state index contributed by atoms with van der Waals surface area (Å²) in [5.74, 6) is 0.713. The van der Waals surface area contributed by atoms with Crippen molar-refractivity contribution in [3.8, 4) is 0 Å². The van der Waals surface area contributed by atoms with Gasteiger partial charge in [-0.15, -0.1) is 0 Å². The Morgan fingerprint density at radius 1 is 0.833 bits per heavy atom. The SMILES string of the molecule is CCC(C)CN.CCC(O)CNCCNCCNC.CCCNC. The molecule has 0 bridgehead atoms. The van der Waals surface area contributed by atoms with Crippen molar-refractivity contribution in [2.45, 2.75) is 53.1 Å². The van der Waals surface area contributed by atoms with Crippen molar-refractivity contribution in [3.05, 3.63) is 0 Å². The van der Waals surface area contributed by atoms with Crippen LogP contribution in [0, 0.1) is 5.92 Å². The molecule has 6 heteroatoms. The molecular formula is C18H47N5O. The van der Waals surface area contributed by atoms with Crippen LogP contribution in [0.1, 0.15) is 47.0 Å². The van der Waals surface area contributed by atoms with Crippen LogP contribution in [0.3, 0.4) is 0 Å². The molecule has 0 aliphatic carbocycles. The molecule has 24 heavy (non-hydrogen) atoms. The standard InChI is InChI=1S/C9H23N3O.C5H13N.C4H11N/c1-3-9(13)8-12-7-6-11-5-4-10-2;1-3-5(2)4-6;1-3-4-5-2/h9-13H,3-8H2,1-2H3;5H,3-4,6H2,1-2H3;5H,3-4H2,1-2H3. The molecule has 0 aromatic rings. The van der Waals surface area contributed by atoms with Crippen LogP contribution in [0.2, 0.25) is 0 Å². The number of aliphatic hydroxyl groups excluding tert-OH is 1. The van der Waals surface area contributed by atoms with Gasteiger partial charge in [0.1, 0.15) is 0 Å². The molecule has 0 aromatic heterocycles. The molecule has 2 unspecified atom stereocenters. The second kappa shape index (κ2) is 27.6. The van der Waals surface area contributed by atoms with Crippen LogP contribution in [-0.4, -0.2) is 71.1 Å². The number of likely N-dealkylation sites (N-methyl/N-ethyl adjacent to an activating group) is 1. The Hall–Kier alpha value is -0.240. The normalized spacial score (nSPS) is 12.5. The monoisotopic (exact) mass is 349 g/mol. The van der Waals surface area contributed by atoms with Gasteiger partial charge in [0.25, 0.3) is 0 Å². The molecule has 7 N–H and O–H groups in total. The molecule has 6 nitrogen and oxygen atoms in total. The third-order valence-corrected chi connectivity index (χ3v) is 3.48. The minimum atomic E-state index is -0.197. The van der Waals surface area contributed by atoms with Crippen LogP contribution in [0.5, 0.6) is 0 Å². The Labute approximate surface area is 151 Å². The molecule has 0 aromatic carbocycles. The fourth-order valence-corrected chi connectivity index (χ4v) is 1.34. The first-order valence-electron chi connectivity index (χ1n) is 9.62. The van der Waals surface area contributed by atoms with Crippen molar-refractivity contribution < 1.29 is 5.11 Å². The van der Waals surface area contributed by atoms with Crippen molar-refractivity contribution in [3.63, 3.8) is 0 Å². The van der Waals surface area contributed by atoms with E-state index in [-0.39, 0.29) is 6.10 Å². The van der Waals surface area contributed by atoms with Gasteiger partial charge in [0.05, 0.1) is 6.10 Å². The fourth-order valence-electron chi connectivity index (χ4n) is 1.34. The van der Waals surface area contributed by atoms with Gasteiger partial charge in [-0.3, -0.25) is 0 Å². The number of rotatable bonds is 13. The summed E-state index contributed by atoms with van der Waals surface area (Å²) < 4.78 is 0. The quantitative estimate of drug-likeness (QED) is 0.275. The molecule has 0 aliphatic heterocycles. The van der Waals surface area contributed by atoms with Gasteiger partial charge < -0.3 is 32.1 Å². The van der Waals surface area contributed by atoms with E-state index in [9.17, 15) is 5.11 Å². The average Bonchev–Trinajstić information content (AvgIpc) is 2.61. The van der Waals surface area contributed by atoms with Gasteiger partial charge in [-0.25, -0.2) is 0 Å². The first kappa shape index (κ1) is 28.6. The summed E-state index contributed by atoms with van der Waals surface area (Å²) in [5.41, 5.74) is 5.28. The van der Waals surface area contributed by atoms with Crippen molar-refractivity contribution in [1.29, 1.82) is 0 Å². The highest BCUT2D eigenvalue weighted by Crippen LogP contribution is 1.93. The highest BCUT2D eigenvalue weighted by Gasteiger charge is 1.97. The van der Waals surface area contributed by atoms with Gasteiger partial charge in [0.2, 0.25) is 0 Å². The second-order valence-electron chi connectivity index (χ2n) is 5.97. The fraction of sp³-hybridized carbons (Fsp3) is 1.00. The van der Waals surface area contributed by atoms with E-state index >= 15 is 0 Å². The largest absolute Gasteiger partial charge is 0.392 e. The van der Waals surface area contributed by atoms with Crippen LogP contribution in [0.4, 0.5) is 0 Å². The molecule has 0 radical (unpaired) electrons. The van der Waals surface area contributed by atoms with Crippen LogP contribution in [0.15, 0.2) is 0 Å². The molecular weight excluding hydrogens is 302 g/mol. The van der Waals surface area contributed by atoms with E-state index in [1.807, 2.05) is 21.0 Å². The molecule has 0 amide bonds. The third kappa shape index (κ3) is 33.4. The lowest BCUT2D eigenvalue weighted by molar-refractivity contribution is 0.167. The lowest BCUT2D eigenvalue weighted by Gasteiger charge is -2.09. The van der Waals surface area contributed by atoms with Gasteiger partial charge in [0.15, 0.2) is 0 Å². The van der Waals surface area contributed by atoms with Crippen molar-refractivity contribution in [2.24, 2.45) is 11.7 Å². The molecule has 0 saturated carbocycles. The molecule has 0 spiro atoms. The van der Waals surface area contributed by atoms with E-state index in [1.165, 1.54) is 12.8 Å². The predicted octanol–water partition coefficient (Wildman–Crippen LogP) is 0.763. The summed E-state index contributed by atoms with van der Waals surface area (Å²) in [6, 6.07) is 0. The van der Waals surface area contributed by atoms with Crippen molar-refractivity contribution in [1.82, 2.24) is 21.3 Å². The second-order valence-corrected chi connectivity index (χ2v) is 5.97. The number of nitrogens with two attached hydrogens (primary N) is 1. The van der Waals surface area contributed by atoms with E-state index in [1.54, 1.807) is 0 Å². The lowest BCUT2D eigenvalue weighted by Crippen LogP contribution is -2.34. The Morgan fingerprint density at radius 3 is 1.71 bits per heavy atom. The Bertz CT molecular complexity index is 190. The van der Waals surface area contributed by atoms with Crippen molar-refractivity contribution >= 4 is 0 Å². The highest BCUT2D eigenvalue weighted by molar-refractivity contribution is 4.58. The van der Waals surface area contributed by atoms with Gasteiger partial charge in [0, 0.05) is 32.7 Å². The Kier molecular flexibility index (Phi) is 32.8. The average molecular weight is 350 g/mol. The summed E-state index contributed by atoms with van der Waals surface area (Å²) in [6.45, 7) is 15.0. The predicted molar refractivity (Wildman–Crippen MR) is 109 cm³/mol. The number of nitrogens with one attached hydrogen (secondary N) is 4. The van der Waals surface area contributed by atoms with E-state index in [2.05, 4.69) is 42.0 Å². The Balaban J connectivity index is -0.000000332. The van der Waals surface area contributed by atoms with Gasteiger partial charge >= 0.3 is 0 Å². The molecule has 2 atom stereocenters. The molecule has 0 heterocycles. The summed E-state index contributed by atoms with van der Waals surface area (Å²) in [7, 11) is 3.90. The molecule has 150 valence electrons. The van der Waals surface area contributed by atoms with Crippen LogP contribution >= 0.6 is 0 Å². The lowest BCUT2D eigenvalue weighted by atomic mass is 10.1. The minimum absolute atomic E-state index is 0.197. The van der Waals surface area contributed by atoms with E-state index in [4.69, 9.17) is 5.73 Å². The third-order valence-electron chi connectivity index (χ3n) is 3.48. The number of hydrogen-bond donors (Lipinski definition) is 6. The van der Waals surface area contributed by atoms with E-state index < -0.39 is 0 Å². The van der Waals surface area contributed by atoms with E-state index in [0.717, 1.165) is 45.7 Å². The molecule has 0 rings (SSSR count). The van der Waals surface area contributed by atoms with E-state index in [0.29, 0.717) is 12.5 Å². The first-order chi connectivity index (χ1) is 11.5. The summed E-state index contributed by atoms with van der Waals surface area (Å²) in [6.07, 6.45) is 3.06. The number of hydrogen-bond acceptors (Lipinski definition) is 6. The van der Waals surface area contributed by atoms with Crippen molar-refractivity contribution in [2.75, 3.05) is 59.9 Å². The maximum absolute atomic E-state index is 9.21. The van der Waals surface area contributed by atoms with Crippen LogP contribution < -0.4 is 27.0 Å². The maximum Gasteiger partial charge on any atom is 0.0662 e.